The lowest BCUT2D eigenvalue weighted by molar-refractivity contribution is 0.193. The standard InChI is InChI=1S/C25H53N.ClH/c1-5-8-10-12-14-16-18-20-22-25(4,24(26)7-3)23-21-19-17-15-13-11-9-6-2;/h24H,5-23,26H2,1-4H3;1H. The smallest absolute Gasteiger partial charge is 0.00902 e. The molecule has 0 aromatic carbocycles. The highest BCUT2D eigenvalue weighted by atomic mass is 35.5. The molecule has 2 heteroatoms. The van der Waals surface area contributed by atoms with Crippen molar-refractivity contribution in [2.24, 2.45) is 11.1 Å². The second kappa shape index (κ2) is 21.0. The third kappa shape index (κ3) is 16.9. The second-order valence-corrected chi connectivity index (χ2v) is 9.12. The maximum Gasteiger partial charge on any atom is 0.00902 e. The maximum atomic E-state index is 6.54. The summed E-state index contributed by atoms with van der Waals surface area (Å²) in [6.45, 7) is 9.34. The quantitative estimate of drug-likeness (QED) is 0.201. The average Bonchev–Trinajstić information content (AvgIpc) is 2.65. The van der Waals surface area contributed by atoms with E-state index in [1.165, 1.54) is 116 Å². The normalized spacial score (nSPS) is 12.8. The molecule has 0 rings (SSSR count). The molecule has 0 spiro atoms. The van der Waals surface area contributed by atoms with Gasteiger partial charge in [0.05, 0.1) is 0 Å². The number of nitrogens with two attached hydrogens (primary N) is 1. The van der Waals surface area contributed by atoms with Gasteiger partial charge in [0.25, 0.3) is 0 Å². The van der Waals surface area contributed by atoms with Gasteiger partial charge >= 0.3 is 0 Å². The molecule has 27 heavy (non-hydrogen) atoms. The van der Waals surface area contributed by atoms with Gasteiger partial charge in [0.1, 0.15) is 0 Å². The highest BCUT2D eigenvalue weighted by Gasteiger charge is 2.29. The van der Waals surface area contributed by atoms with Crippen LogP contribution in [0.3, 0.4) is 0 Å². The average molecular weight is 404 g/mol. The van der Waals surface area contributed by atoms with Crippen molar-refractivity contribution >= 4 is 12.4 Å². The van der Waals surface area contributed by atoms with Gasteiger partial charge in [0.15, 0.2) is 0 Å². The van der Waals surface area contributed by atoms with Gasteiger partial charge in [-0.2, -0.15) is 0 Å². The molecular weight excluding hydrogens is 350 g/mol. The molecule has 0 aliphatic heterocycles. The first kappa shape index (κ1) is 29.5. The molecule has 0 amide bonds. The highest BCUT2D eigenvalue weighted by Crippen LogP contribution is 2.35. The van der Waals surface area contributed by atoms with E-state index >= 15 is 0 Å². The summed E-state index contributed by atoms with van der Waals surface area (Å²) >= 11 is 0. The lowest BCUT2D eigenvalue weighted by Gasteiger charge is -2.35. The van der Waals surface area contributed by atoms with E-state index in [1.807, 2.05) is 0 Å². The molecule has 1 unspecified atom stereocenters. The zero-order chi connectivity index (χ0) is 19.5. The Morgan fingerprint density at radius 3 is 1.15 bits per heavy atom. The van der Waals surface area contributed by atoms with Crippen molar-refractivity contribution in [2.75, 3.05) is 0 Å². The first-order chi connectivity index (χ1) is 12.6. The Labute approximate surface area is 179 Å². The van der Waals surface area contributed by atoms with Crippen molar-refractivity contribution in [3.63, 3.8) is 0 Å². The van der Waals surface area contributed by atoms with Crippen molar-refractivity contribution in [1.29, 1.82) is 0 Å². The van der Waals surface area contributed by atoms with Gasteiger partial charge in [-0.3, -0.25) is 0 Å². The van der Waals surface area contributed by atoms with Crippen LogP contribution in [-0.2, 0) is 0 Å². The summed E-state index contributed by atoms with van der Waals surface area (Å²) in [6.07, 6.45) is 26.4. The maximum absolute atomic E-state index is 6.54. The Morgan fingerprint density at radius 1 is 0.556 bits per heavy atom. The molecule has 0 bridgehead atoms. The Bertz CT molecular complexity index is 259. The van der Waals surface area contributed by atoms with Crippen LogP contribution in [-0.4, -0.2) is 6.04 Å². The van der Waals surface area contributed by atoms with Crippen LogP contribution in [0.25, 0.3) is 0 Å². The monoisotopic (exact) mass is 403 g/mol. The van der Waals surface area contributed by atoms with Gasteiger partial charge in [-0.15, -0.1) is 12.4 Å². The molecule has 0 radical (unpaired) electrons. The Morgan fingerprint density at radius 2 is 0.852 bits per heavy atom. The van der Waals surface area contributed by atoms with E-state index in [0.29, 0.717) is 11.5 Å². The van der Waals surface area contributed by atoms with Crippen molar-refractivity contribution in [1.82, 2.24) is 0 Å². The first-order valence-electron chi connectivity index (χ1n) is 12.4. The summed E-state index contributed by atoms with van der Waals surface area (Å²) in [7, 11) is 0. The third-order valence-electron chi connectivity index (χ3n) is 6.54. The van der Waals surface area contributed by atoms with E-state index in [1.54, 1.807) is 0 Å². The molecule has 0 fully saturated rings. The third-order valence-corrected chi connectivity index (χ3v) is 6.54. The first-order valence-corrected chi connectivity index (χ1v) is 12.4. The van der Waals surface area contributed by atoms with Crippen LogP contribution in [0.15, 0.2) is 0 Å². The molecule has 0 aliphatic carbocycles. The molecule has 1 nitrogen and oxygen atoms in total. The fraction of sp³-hybridized carbons (Fsp3) is 1.00. The van der Waals surface area contributed by atoms with Crippen LogP contribution in [0.2, 0.25) is 0 Å². The van der Waals surface area contributed by atoms with Gasteiger partial charge in [-0.05, 0) is 24.7 Å². The number of hydrogen-bond donors (Lipinski definition) is 1. The molecule has 0 aromatic heterocycles. The Hall–Kier alpha value is 0.250. The van der Waals surface area contributed by atoms with Gasteiger partial charge in [0, 0.05) is 6.04 Å². The van der Waals surface area contributed by atoms with Crippen molar-refractivity contribution in [2.45, 2.75) is 156 Å². The summed E-state index contributed by atoms with van der Waals surface area (Å²) in [4.78, 5) is 0. The topological polar surface area (TPSA) is 26.0 Å². The minimum atomic E-state index is 0. The fourth-order valence-electron chi connectivity index (χ4n) is 4.31. The summed E-state index contributed by atoms with van der Waals surface area (Å²) in [6, 6.07) is 0.386. The Kier molecular flexibility index (Phi) is 22.9. The van der Waals surface area contributed by atoms with Gasteiger partial charge < -0.3 is 5.73 Å². The van der Waals surface area contributed by atoms with E-state index < -0.39 is 0 Å². The Balaban J connectivity index is 0. The molecule has 0 heterocycles. The van der Waals surface area contributed by atoms with Crippen molar-refractivity contribution in [3.8, 4) is 0 Å². The van der Waals surface area contributed by atoms with Gasteiger partial charge in [0.2, 0.25) is 0 Å². The largest absolute Gasteiger partial charge is 0.327 e. The van der Waals surface area contributed by atoms with Crippen LogP contribution in [0.5, 0.6) is 0 Å². The van der Waals surface area contributed by atoms with E-state index in [-0.39, 0.29) is 12.4 Å². The van der Waals surface area contributed by atoms with Crippen molar-refractivity contribution in [3.05, 3.63) is 0 Å². The predicted octanol–water partition coefficient (Wildman–Crippen LogP) is 9.21. The number of rotatable bonds is 20. The molecular formula is C25H54ClN. The van der Waals surface area contributed by atoms with Crippen LogP contribution < -0.4 is 5.73 Å². The molecule has 166 valence electrons. The van der Waals surface area contributed by atoms with E-state index in [2.05, 4.69) is 27.7 Å². The number of hydrogen-bond acceptors (Lipinski definition) is 1. The van der Waals surface area contributed by atoms with Crippen LogP contribution in [0, 0.1) is 5.41 Å². The summed E-state index contributed by atoms with van der Waals surface area (Å²) in [5, 5.41) is 0. The van der Waals surface area contributed by atoms with Gasteiger partial charge in [-0.25, -0.2) is 0 Å². The molecule has 2 N–H and O–H groups in total. The zero-order valence-electron chi connectivity index (χ0n) is 19.5. The molecule has 0 aliphatic rings. The van der Waals surface area contributed by atoms with Crippen LogP contribution in [0.1, 0.15) is 150 Å². The number of halogens is 1. The van der Waals surface area contributed by atoms with Crippen molar-refractivity contribution < 1.29 is 0 Å². The summed E-state index contributed by atoms with van der Waals surface area (Å²) in [5.41, 5.74) is 6.92. The zero-order valence-corrected chi connectivity index (χ0v) is 20.3. The fourth-order valence-corrected chi connectivity index (χ4v) is 4.31. The minimum Gasteiger partial charge on any atom is -0.327 e. The molecule has 0 saturated heterocycles. The minimum absolute atomic E-state index is 0. The molecule has 0 saturated carbocycles. The lowest BCUT2D eigenvalue weighted by atomic mass is 9.73. The summed E-state index contributed by atoms with van der Waals surface area (Å²) in [5.74, 6) is 0. The predicted molar refractivity (Wildman–Crippen MR) is 128 cm³/mol. The number of unbranched alkanes of at least 4 members (excludes halogenated alkanes) is 14. The summed E-state index contributed by atoms with van der Waals surface area (Å²) < 4.78 is 0. The van der Waals surface area contributed by atoms with Crippen LogP contribution in [0.4, 0.5) is 0 Å². The van der Waals surface area contributed by atoms with E-state index in [4.69, 9.17) is 5.73 Å². The highest BCUT2D eigenvalue weighted by molar-refractivity contribution is 5.85. The van der Waals surface area contributed by atoms with Gasteiger partial charge in [-0.1, -0.05) is 130 Å². The lowest BCUT2D eigenvalue weighted by Crippen LogP contribution is -2.39. The molecule has 0 aromatic rings. The second-order valence-electron chi connectivity index (χ2n) is 9.12. The van der Waals surface area contributed by atoms with E-state index in [0.717, 1.165) is 6.42 Å². The van der Waals surface area contributed by atoms with Crippen LogP contribution >= 0.6 is 12.4 Å². The SMILES string of the molecule is CCCCCCCCCCC(C)(CCCCCCCCCC)C(N)CC.Cl. The van der Waals surface area contributed by atoms with E-state index in [9.17, 15) is 0 Å². The molecule has 1 atom stereocenters.